The smallest absolute Gasteiger partial charge is 0.266 e. The van der Waals surface area contributed by atoms with Crippen LogP contribution in [0.15, 0.2) is 6.20 Å². The zero-order chi connectivity index (χ0) is 21.4. The minimum atomic E-state index is -4.31. The van der Waals surface area contributed by atoms with Crippen LogP contribution in [0.5, 0.6) is 0 Å². The lowest BCUT2D eigenvalue weighted by Crippen LogP contribution is -2.31. The second-order valence-corrected chi connectivity index (χ2v) is 9.24. The molecule has 1 aromatic rings. The van der Waals surface area contributed by atoms with Crippen molar-refractivity contribution in [3.8, 4) is 0 Å². The number of alkyl halides is 4. The SMILES string of the molecule is O=[N+]([O-])c1cn(C2CCC(F)(F)CC2)nc1CS(=O)(=O)OC1CCC(F)(F)CC1. The monoisotopic (exact) mass is 443 g/mol. The maximum atomic E-state index is 13.3. The summed E-state index contributed by atoms with van der Waals surface area (Å²) in [6.07, 6.45) is -1.78. The van der Waals surface area contributed by atoms with Crippen LogP contribution in [0.25, 0.3) is 0 Å². The molecule has 0 unspecified atom stereocenters. The fraction of sp³-hybridized carbons (Fsp3) is 0.812. The van der Waals surface area contributed by atoms with Crippen molar-refractivity contribution < 1.29 is 35.1 Å². The van der Waals surface area contributed by atoms with Crippen LogP contribution in [0.3, 0.4) is 0 Å². The molecule has 0 atom stereocenters. The Balaban J connectivity index is 1.71. The van der Waals surface area contributed by atoms with Gasteiger partial charge in [-0.3, -0.25) is 19.0 Å². The molecule has 164 valence electrons. The number of halogens is 4. The lowest BCUT2D eigenvalue weighted by Gasteiger charge is -2.28. The summed E-state index contributed by atoms with van der Waals surface area (Å²) in [5, 5.41) is 15.2. The summed E-state index contributed by atoms with van der Waals surface area (Å²) in [7, 11) is -4.31. The summed E-state index contributed by atoms with van der Waals surface area (Å²) in [5.41, 5.74) is -0.918. The van der Waals surface area contributed by atoms with E-state index in [2.05, 4.69) is 5.10 Å². The Kier molecular flexibility index (Phi) is 5.91. The van der Waals surface area contributed by atoms with E-state index in [0.717, 1.165) is 6.20 Å². The number of nitrogens with zero attached hydrogens (tertiary/aromatic N) is 3. The van der Waals surface area contributed by atoms with Crippen molar-refractivity contribution in [3.63, 3.8) is 0 Å². The minimum Gasteiger partial charge on any atom is -0.266 e. The molecule has 0 bridgehead atoms. The molecule has 2 fully saturated rings. The van der Waals surface area contributed by atoms with E-state index in [0.29, 0.717) is 0 Å². The predicted octanol–water partition coefficient (Wildman–Crippen LogP) is 3.97. The zero-order valence-corrected chi connectivity index (χ0v) is 16.2. The highest BCUT2D eigenvalue weighted by Crippen LogP contribution is 2.39. The van der Waals surface area contributed by atoms with Crippen molar-refractivity contribution >= 4 is 15.8 Å². The molecule has 0 saturated heterocycles. The number of hydrogen-bond donors (Lipinski definition) is 0. The minimum absolute atomic E-state index is 0.0603. The Labute approximate surface area is 164 Å². The van der Waals surface area contributed by atoms with E-state index in [1.54, 1.807) is 0 Å². The first-order valence-electron chi connectivity index (χ1n) is 9.25. The van der Waals surface area contributed by atoms with Gasteiger partial charge in [-0.25, -0.2) is 17.6 Å². The maximum absolute atomic E-state index is 13.3. The summed E-state index contributed by atoms with van der Waals surface area (Å²) in [6, 6.07) is -0.494. The van der Waals surface area contributed by atoms with Gasteiger partial charge in [-0.15, -0.1) is 0 Å². The largest absolute Gasteiger partial charge is 0.311 e. The van der Waals surface area contributed by atoms with E-state index in [4.69, 9.17) is 4.18 Å². The molecule has 2 aliphatic carbocycles. The van der Waals surface area contributed by atoms with E-state index in [-0.39, 0.29) is 44.2 Å². The third-order valence-corrected chi connectivity index (χ3v) is 6.50. The summed E-state index contributed by atoms with van der Waals surface area (Å²) >= 11 is 0. The molecule has 0 amide bonds. The Morgan fingerprint density at radius 3 is 2.14 bits per heavy atom. The second-order valence-electron chi connectivity index (χ2n) is 7.64. The molecule has 0 spiro atoms. The van der Waals surface area contributed by atoms with Crippen molar-refractivity contribution in [2.75, 3.05) is 0 Å². The molecule has 1 heterocycles. The van der Waals surface area contributed by atoms with Gasteiger partial charge < -0.3 is 0 Å². The molecule has 8 nitrogen and oxygen atoms in total. The normalized spacial score (nSPS) is 23.2. The molecule has 0 N–H and O–H groups in total. The summed E-state index contributed by atoms with van der Waals surface area (Å²) in [4.78, 5) is 10.5. The highest BCUT2D eigenvalue weighted by molar-refractivity contribution is 7.85. The Hall–Kier alpha value is -1.76. The first kappa shape index (κ1) is 21.9. The topological polar surface area (TPSA) is 104 Å². The van der Waals surface area contributed by atoms with Crippen LogP contribution >= 0.6 is 0 Å². The molecule has 13 heteroatoms. The van der Waals surface area contributed by atoms with Gasteiger partial charge in [0.15, 0.2) is 5.69 Å². The molecule has 3 rings (SSSR count). The molecule has 0 aliphatic heterocycles. The fourth-order valence-electron chi connectivity index (χ4n) is 3.67. The Morgan fingerprint density at radius 1 is 1.10 bits per heavy atom. The average molecular weight is 443 g/mol. The van der Waals surface area contributed by atoms with Crippen LogP contribution in [0.2, 0.25) is 0 Å². The average Bonchev–Trinajstić information content (AvgIpc) is 3.00. The van der Waals surface area contributed by atoms with Gasteiger partial charge in [-0.1, -0.05) is 0 Å². The van der Waals surface area contributed by atoms with E-state index < -0.39 is 63.3 Å². The van der Waals surface area contributed by atoms with Gasteiger partial charge in [0.05, 0.1) is 17.1 Å². The van der Waals surface area contributed by atoms with E-state index in [1.807, 2.05) is 0 Å². The third kappa shape index (κ3) is 5.65. The van der Waals surface area contributed by atoms with Crippen LogP contribution < -0.4 is 0 Å². The van der Waals surface area contributed by atoms with Crippen molar-refractivity contribution in [1.82, 2.24) is 9.78 Å². The van der Waals surface area contributed by atoms with Gasteiger partial charge in [0, 0.05) is 25.7 Å². The van der Waals surface area contributed by atoms with Gasteiger partial charge in [-0.05, 0) is 25.7 Å². The summed E-state index contributed by atoms with van der Waals surface area (Å²) in [5.74, 6) is -6.53. The quantitative estimate of drug-likeness (QED) is 0.285. The van der Waals surface area contributed by atoms with Crippen LogP contribution in [0, 0.1) is 10.1 Å². The predicted molar refractivity (Wildman–Crippen MR) is 92.2 cm³/mol. The van der Waals surface area contributed by atoms with E-state index in [9.17, 15) is 36.1 Å². The first-order chi connectivity index (χ1) is 13.4. The standard InChI is InChI=1S/C16H21F4N3O5S/c17-15(18)5-1-11(2-6-15)22-9-14(23(24)25)13(21-22)10-29(26,27)28-12-3-7-16(19,20)8-4-12/h9,11-12H,1-8,10H2. The number of nitro groups is 1. The van der Waals surface area contributed by atoms with E-state index in [1.165, 1.54) is 4.68 Å². The second kappa shape index (κ2) is 7.82. The highest BCUT2D eigenvalue weighted by Gasteiger charge is 2.39. The molecule has 0 radical (unpaired) electrons. The maximum Gasteiger partial charge on any atom is 0.311 e. The molecular formula is C16H21F4N3O5S. The zero-order valence-electron chi connectivity index (χ0n) is 15.4. The van der Waals surface area contributed by atoms with Crippen molar-refractivity contribution in [2.24, 2.45) is 0 Å². The lowest BCUT2D eigenvalue weighted by molar-refractivity contribution is -0.385. The molecule has 0 aromatic carbocycles. The lowest BCUT2D eigenvalue weighted by atomic mass is 9.92. The van der Waals surface area contributed by atoms with Crippen molar-refractivity contribution in [1.29, 1.82) is 0 Å². The first-order valence-corrected chi connectivity index (χ1v) is 10.8. The summed E-state index contributed by atoms with van der Waals surface area (Å²) in [6.45, 7) is 0. The van der Waals surface area contributed by atoms with Crippen LogP contribution in [0.4, 0.5) is 23.2 Å². The Bertz CT molecular complexity index is 854. The molecular weight excluding hydrogens is 422 g/mol. The van der Waals surface area contributed by atoms with Crippen molar-refractivity contribution in [2.45, 2.75) is 81.1 Å². The van der Waals surface area contributed by atoms with E-state index >= 15 is 0 Å². The number of rotatable bonds is 6. The number of hydrogen-bond acceptors (Lipinski definition) is 6. The van der Waals surface area contributed by atoms with Crippen molar-refractivity contribution in [3.05, 3.63) is 22.0 Å². The van der Waals surface area contributed by atoms with Crippen LogP contribution in [0.1, 0.15) is 63.1 Å². The Morgan fingerprint density at radius 2 is 1.62 bits per heavy atom. The molecule has 2 saturated carbocycles. The van der Waals surface area contributed by atoms with Gasteiger partial charge in [0.2, 0.25) is 11.8 Å². The summed E-state index contributed by atoms with van der Waals surface area (Å²) < 4.78 is 83.7. The fourth-order valence-corrected chi connectivity index (χ4v) is 4.89. The van der Waals surface area contributed by atoms with Gasteiger partial charge in [0.25, 0.3) is 10.1 Å². The highest BCUT2D eigenvalue weighted by atomic mass is 32.2. The van der Waals surface area contributed by atoms with Gasteiger partial charge in [0.1, 0.15) is 11.9 Å². The van der Waals surface area contributed by atoms with Crippen LogP contribution in [-0.4, -0.2) is 41.1 Å². The third-order valence-electron chi connectivity index (χ3n) is 5.30. The number of aromatic nitrogens is 2. The van der Waals surface area contributed by atoms with Gasteiger partial charge in [-0.2, -0.15) is 13.5 Å². The van der Waals surface area contributed by atoms with Crippen LogP contribution in [-0.2, 0) is 20.1 Å². The molecule has 2 aliphatic rings. The molecule has 29 heavy (non-hydrogen) atoms. The van der Waals surface area contributed by atoms with Gasteiger partial charge >= 0.3 is 5.69 Å². The molecule has 1 aromatic heterocycles.